The summed E-state index contributed by atoms with van der Waals surface area (Å²) in [5.41, 5.74) is -5.32. The summed E-state index contributed by atoms with van der Waals surface area (Å²) in [6, 6.07) is 0. The quantitative estimate of drug-likeness (QED) is 0.672. The fraction of sp³-hybridized carbons (Fsp3) is 0.857. The van der Waals surface area contributed by atoms with E-state index in [0.29, 0.717) is 0 Å². The summed E-state index contributed by atoms with van der Waals surface area (Å²) >= 11 is 0. The van der Waals surface area contributed by atoms with Crippen LogP contribution in [-0.4, -0.2) is 44.4 Å². The second-order valence-electron chi connectivity index (χ2n) is 3.32. The van der Waals surface area contributed by atoms with Gasteiger partial charge in [0.25, 0.3) is 0 Å². The van der Waals surface area contributed by atoms with Gasteiger partial charge < -0.3 is 4.74 Å². The van der Waals surface area contributed by atoms with Gasteiger partial charge in [0, 0.05) is 13.1 Å². The van der Waals surface area contributed by atoms with Gasteiger partial charge in [0.1, 0.15) is 0 Å². The molecule has 94 valence electrons. The number of carbonyl (C=O) groups excluding carboxylic acids is 1. The molecule has 0 N–H and O–H groups in total. The molecular weight excluding hydrogens is 251 g/mol. The van der Waals surface area contributed by atoms with Crippen LogP contribution < -0.4 is 0 Å². The molecular formula is C7H10F3NO4S. The van der Waals surface area contributed by atoms with Crippen molar-refractivity contribution in [1.29, 1.82) is 0 Å². The molecule has 0 aliphatic carbocycles. The lowest BCUT2D eigenvalue weighted by Crippen LogP contribution is -2.39. The molecule has 0 aromatic rings. The average Bonchev–Trinajstić information content (AvgIpc) is 2.64. The van der Waals surface area contributed by atoms with Crippen molar-refractivity contribution in [2.24, 2.45) is 5.92 Å². The summed E-state index contributed by atoms with van der Waals surface area (Å²) in [6.07, 6.45) is 0.0436. The van der Waals surface area contributed by atoms with Gasteiger partial charge in [-0.25, -0.2) is 8.42 Å². The maximum atomic E-state index is 12.1. The second-order valence-corrected chi connectivity index (χ2v) is 5.25. The molecule has 1 aliphatic heterocycles. The van der Waals surface area contributed by atoms with Crippen LogP contribution in [0.4, 0.5) is 13.2 Å². The van der Waals surface area contributed by atoms with E-state index >= 15 is 0 Å². The molecule has 1 saturated heterocycles. The predicted octanol–water partition coefficient (Wildman–Crippen LogP) is 0.331. The predicted molar refractivity (Wildman–Crippen MR) is 46.7 cm³/mol. The minimum absolute atomic E-state index is 0.0436. The van der Waals surface area contributed by atoms with Gasteiger partial charge in [0.15, 0.2) is 0 Å². The van der Waals surface area contributed by atoms with E-state index in [1.165, 1.54) is 0 Å². The molecule has 0 bridgehead atoms. The first kappa shape index (κ1) is 13.2. The van der Waals surface area contributed by atoms with Gasteiger partial charge in [-0.15, -0.1) is 0 Å². The standard InChI is InChI=1S/C7H10F3NO4S/c1-15-6(12)5-2-3-11(4-5)16(13,14)7(8,9)10/h5H,2-4H2,1H3. The van der Waals surface area contributed by atoms with Crippen LogP contribution in [0.3, 0.4) is 0 Å². The topological polar surface area (TPSA) is 63.7 Å². The number of hydrogen-bond donors (Lipinski definition) is 0. The molecule has 1 heterocycles. The highest BCUT2D eigenvalue weighted by Gasteiger charge is 2.52. The fourth-order valence-corrected chi connectivity index (χ4v) is 2.47. The first-order valence-corrected chi connectivity index (χ1v) is 5.78. The number of methoxy groups -OCH3 is 1. The van der Waals surface area contributed by atoms with Crippen LogP contribution in [0, 0.1) is 5.92 Å². The molecule has 0 saturated carbocycles. The number of alkyl halides is 3. The van der Waals surface area contributed by atoms with Crippen molar-refractivity contribution >= 4 is 16.0 Å². The largest absolute Gasteiger partial charge is 0.511 e. The van der Waals surface area contributed by atoms with Crippen LogP contribution in [0.5, 0.6) is 0 Å². The molecule has 0 aromatic carbocycles. The van der Waals surface area contributed by atoms with E-state index < -0.39 is 34.0 Å². The molecule has 1 fully saturated rings. The number of carbonyl (C=O) groups is 1. The summed E-state index contributed by atoms with van der Waals surface area (Å²) in [5.74, 6) is -1.51. The van der Waals surface area contributed by atoms with Crippen molar-refractivity contribution < 1.29 is 31.1 Å². The van der Waals surface area contributed by atoms with E-state index in [4.69, 9.17) is 0 Å². The Morgan fingerprint density at radius 2 is 2.00 bits per heavy atom. The lowest BCUT2D eigenvalue weighted by atomic mass is 10.1. The van der Waals surface area contributed by atoms with E-state index in [-0.39, 0.29) is 17.3 Å². The third-order valence-electron chi connectivity index (χ3n) is 2.32. The number of rotatable bonds is 2. The van der Waals surface area contributed by atoms with Gasteiger partial charge in [-0.05, 0) is 6.42 Å². The highest BCUT2D eigenvalue weighted by Crippen LogP contribution is 2.31. The Morgan fingerprint density at radius 3 is 2.44 bits per heavy atom. The molecule has 0 aromatic heterocycles. The summed E-state index contributed by atoms with van der Waals surface area (Å²) < 4.78 is 63.0. The van der Waals surface area contributed by atoms with Crippen molar-refractivity contribution in [3.05, 3.63) is 0 Å². The first-order chi connectivity index (χ1) is 7.20. The molecule has 1 rings (SSSR count). The maximum Gasteiger partial charge on any atom is 0.511 e. The Morgan fingerprint density at radius 1 is 1.44 bits per heavy atom. The molecule has 0 radical (unpaired) electrons. The van der Waals surface area contributed by atoms with Gasteiger partial charge in [-0.3, -0.25) is 4.79 Å². The average molecular weight is 261 g/mol. The Bertz CT molecular complexity index is 378. The molecule has 1 unspecified atom stereocenters. The van der Waals surface area contributed by atoms with Crippen molar-refractivity contribution in [2.75, 3.05) is 20.2 Å². The van der Waals surface area contributed by atoms with E-state index in [1.54, 1.807) is 0 Å². The Hall–Kier alpha value is -0.830. The van der Waals surface area contributed by atoms with Crippen molar-refractivity contribution in [3.63, 3.8) is 0 Å². The smallest absolute Gasteiger partial charge is 0.469 e. The SMILES string of the molecule is COC(=O)C1CCN(S(=O)(=O)C(F)(F)F)C1. The molecule has 0 amide bonds. The van der Waals surface area contributed by atoms with E-state index in [9.17, 15) is 26.4 Å². The lowest BCUT2D eigenvalue weighted by Gasteiger charge is -2.17. The van der Waals surface area contributed by atoms with Crippen molar-refractivity contribution in [2.45, 2.75) is 11.9 Å². The monoisotopic (exact) mass is 261 g/mol. The normalized spacial score (nSPS) is 23.4. The van der Waals surface area contributed by atoms with Gasteiger partial charge >= 0.3 is 21.5 Å². The molecule has 0 spiro atoms. The Balaban J connectivity index is 2.78. The summed E-state index contributed by atoms with van der Waals surface area (Å²) in [5, 5.41) is 0. The van der Waals surface area contributed by atoms with Crippen LogP contribution in [0.25, 0.3) is 0 Å². The summed E-state index contributed by atoms with van der Waals surface area (Å²) in [6.45, 7) is -0.796. The molecule has 16 heavy (non-hydrogen) atoms. The van der Waals surface area contributed by atoms with E-state index in [2.05, 4.69) is 4.74 Å². The zero-order valence-electron chi connectivity index (χ0n) is 8.32. The summed E-state index contributed by atoms with van der Waals surface area (Å²) in [4.78, 5) is 11.0. The number of sulfonamides is 1. The minimum Gasteiger partial charge on any atom is -0.469 e. The van der Waals surface area contributed by atoms with Crippen LogP contribution in [0.2, 0.25) is 0 Å². The molecule has 1 aliphatic rings. The molecule has 5 nitrogen and oxygen atoms in total. The van der Waals surface area contributed by atoms with Gasteiger partial charge in [0.05, 0.1) is 13.0 Å². The molecule has 9 heteroatoms. The summed E-state index contributed by atoms with van der Waals surface area (Å²) in [7, 11) is -4.22. The highest BCUT2D eigenvalue weighted by atomic mass is 32.2. The van der Waals surface area contributed by atoms with Crippen molar-refractivity contribution in [1.82, 2.24) is 4.31 Å². The Labute approximate surface area is 90.2 Å². The van der Waals surface area contributed by atoms with Crippen LogP contribution in [-0.2, 0) is 19.6 Å². The number of halogens is 3. The zero-order chi connectivity index (χ0) is 12.6. The van der Waals surface area contributed by atoms with Crippen molar-refractivity contribution in [3.8, 4) is 0 Å². The van der Waals surface area contributed by atoms with Crippen LogP contribution in [0.15, 0.2) is 0 Å². The Kier molecular flexibility index (Phi) is 3.48. The minimum atomic E-state index is -5.33. The zero-order valence-corrected chi connectivity index (χ0v) is 9.14. The number of ether oxygens (including phenoxy) is 1. The third kappa shape index (κ3) is 2.29. The van der Waals surface area contributed by atoms with Gasteiger partial charge in [-0.2, -0.15) is 17.5 Å². The first-order valence-electron chi connectivity index (χ1n) is 4.34. The van der Waals surface area contributed by atoms with Gasteiger partial charge in [0.2, 0.25) is 0 Å². The number of hydrogen-bond acceptors (Lipinski definition) is 4. The highest BCUT2D eigenvalue weighted by molar-refractivity contribution is 7.90. The van der Waals surface area contributed by atoms with Gasteiger partial charge in [-0.1, -0.05) is 0 Å². The fourth-order valence-electron chi connectivity index (χ4n) is 1.45. The van der Waals surface area contributed by atoms with E-state index in [1.807, 2.05) is 0 Å². The number of nitrogens with zero attached hydrogens (tertiary/aromatic N) is 1. The number of esters is 1. The van der Waals surface area contributed by atoms with E-state index in [0.717, 1.165) is 7.11 Å². The molecule has 1 atom stereocenters. The van der Waals surface area contributed by atoms with Crippen LogP contribution >= 0.6 is 0 Å². The maximum absolute atomic E-state index is 12.1. The second kappa shape index (κ2) is 4.21. The third-order valence-corrected chi connectivity index (χ3v) is 3.91. The van der Waals surface area contributed by atoms with Crippen LogP contribution in [0.1, 0.15) is 6.42 Å². The lowest BCUT2D eigenvalue weighted by molar-refractivity contribution is -0.144.